The van der Waals surface area contributed by atoms with Crippen molar-refractivity contribution in [3.8, 4) is 5.88 Å². The molecule has 74 valence electrons. The Kier molecular flexibility index (Phi) is 2.32. The first-order chi connectivity index (χ1) is 6.81. The van der Waals surface area contributed by atoms with Gasteiger partial charge in [0.25, 0.3) is 5.91 Å². The molecule has 1 aliphatic carbocycles. The molecule has 1 saturated carbocycles. The van der Waals surface area contributed by atoms with Crippen LogP contribution in [0, 0.1) is 0 Å². The number of nitrogens with one attached hydrogen (secondary N) is 1. The molecule has 0 spiro atoms. The summed E-state index contributed by atoms with van der Waals surface area (Å²) in [6, 6.07) is 3.30. The van der Waals surface area contributed by atoms with Gasteiger partial charge < -0.3 is 4.74 Å². The molecule has 2 rings (SSSR count). The lowest BCUT2D eigenvalue weighted by Crippen LogP contribution is -2.30. The van der Waals surface area contributed by atoms with Crippen molar-refractivity contribution in [2.24, 2.45) is 5.84 Å². The molecule has 0 unspecified atom stereocenters. The second kappa shape index (κ2) is 3.63. The number of nitrogens with zero attached hydrogens (tertiary/aromatic N) is 1. The lowest BCUT2D eigenvalue weighted by Gasteiger charge is -2.07. The maximum absolute atomic E-state index is 11.3. The van der Waals surface area contributed by atoms with Crippen molar-refractivity contribution in [2.45, 2.75) is 18.9 Å². The highest BCUT2D eigenvalue weighted by molar-refractivity contribution is 5.95. The van der Waals surface area contributed by atoms with Gasteiger partial charge in [-0.1, -0.05) is 0 Å². The fraction of sp³-hybridized carbons (Fsp3) is 0.333. The van der Waals surface area contributed by atoms with E-state index in [4.69, 9.17) is 10.6 Å². The van der Waals surface area contributed by atoms with Gasteiger partial charge in [0, 0.05) is 6.20 Å². The molecule has 0 aliphatic heterocycles. The average molecular weight is 193 g/mol. The topological polar surface area (TPSA) is 77.2 Å². The fourth-order valence-corrected chi connectivity index (χ4v) is 1.08. The van der Waals surface area contributed by atoms with Gasteiger partial charge in [-0.2, -0.15) is 0 Å². The van der Waals surface area contributed by atoms with Crippen LogP contribution in [0.3, 0.4) is 0 Å². The van der Waals surface area contributed by atoms with E-state index in [0.29, 0.717) is 11.4 Å². The van der Waals surface area contributed by atoms with E-state index in [1.165, 1.54) is 0 Å². The summed E-state index contributed by atoms with van der Waals surface area (Å²) in [5.74, 6) is 5.01. The molecule has 3 N–H and O–H groups in total. The molecule has 0 aromatic carbocycles. The summed E-state index contributed by atoms with van der Waals surface area (Å²) in [5.41, 5.74) is 2.43. The largest absolute Gasteiger partial charge is 0.474 e. The molecule has 1 fully saturated rings. The zero-order chi connectivity index (χ0) is 9.97. The number of hydrazine groups is 1. The van der Waals surface area contributed by atoms with E-state index in [1.807, 2.05) is 0 Å². The van der Waals surface area contributed by atoms with Gasteiger partial charge in [-0.05, 0) is 25.0 Å². The molecular formula is C9H11N3O2. The van der Waals surface area contributed by atoms with Crippen LogP contribution in [-0.4, -0.2) is 17.0 Å². The first-order valence-electron chi connectivity index (χ1n) is 4.44. The van der Waals surface area contributed by atoms with E-state index in [0.717, 1.165) is 12.8 Å². The normalized spacial score (nSPS) is 14.9. The molecule has 1 amide bonds. The zero-order valence-corrected chi connectivity index (χ0v) is 7.56. The SMILES string of the molecule is NNC(=O)c1cccnc1OC1CC1. The van der Waals surface area contributed by atoms with Gasteiger partial charge in [0.2, 0.25) is 5.88 Å². The van der Waals surface area contributed by atoms with Crippen LogP contribution >= 0.6 is 0 Å². The monoisotopic (exact) mass is 193 g/mol. The van der Waals surface area contributed by atoms with Crippen LogP contribution in [0.2, 0.25) is 0 Å². The third-order valence-electron chi connectivity index (χ3n) is 1.95. The Morgan fingerprint density at radius 1 is 1.64 bits per heavy atom. The second-order valence-electron chi connectivity index (χ2n) is 3.15. The fourth-order valence-electron chi connectivity index (χ4n) is 1.08. The van der Waals surface area contributed by atoms with Gasteiger partial charge >= 0.3 is 0 Å². The summed E-state index contributed by atoms with van der Waals surface area (Å²) in [5, 5.41) is 0. The summed E-state index contributed by atoms with van der Waals surface area (Å²) < 4.78 is 5.45. The minimum atomic E-state index is -0.381. The van der Waals surface area contributed by atoms with Crippen LogP contribution in [0.1, 0.15) is 23.2 Å². The van der Waals surface area contributed by atoms with Crippen molar-refractivity contribution < 1.29 is 9.53 Å². The van der Waals surface area contributed by atoms with Crippen LogP contribution in [0.15, 0.2) is 18.3 Å². The van der Waals surface area contributed by atoms with E-state index in [9.17, 15) is 4.79 Å². The van der Waals surface area contributed by atoms with Crippen LogP contribution in [0.25, 0.3) is 0 Å². The summed E-state index contributed by atoms with van der Waals surface area (Å²) >= 11 is 0. The zero-order valence-electron chi connectivity index (χ0n) is 7.56. The molecule has 5 heteroatoms. The van der Waals surface area contributed by atoms with Crippen LogP contribution in [0.4, 0.5) is 0 Å². The molecule has 1 aromatic heterocycles. The Balaban J connectivity index is 2.22. The Labute approximate surface area is 81.2 Å². The highest BCUT2D eigenvalue weighted by Gasteiger charge is 2.26. The van der Waals surface area contributed by atoms with E-state index >= 15 is 0 Å². The molecule has 0 bridgehead atoms. The molecule has 5 nitrogen and oxygen atoms in total. The van der Waals surface area contributed by atoms with Gasteiger partial charge in [0.15, 0.2) is 0 Å². The van der Waals surface area contributed by atoms with Crippen LogP contribution < -0.4 is 16.0 Å². The van der Waals surface area contributed by atoms with Crippen molar-refractivity contribution in [1.29, 1.82) is 0 Å². The average Bonchev–Trinajstić information content (AvgIpc) is 3.01. The van der Waals surface area contributed by atoms with E-state index in [2.05, 4.69) is 10.4 Å². The van der Waals surface area contributed by atoms with Gasteiger partial charge in [0.05, 0.1) is 0 Å². The van der Waals surface area contributed by atoms with Gasteiger partial charge in [-0.15, -0.1) is 0 Å². The summed E-state index contributed by atoms with van der Waals surface area (Å²) in [6.07, 6.45) is 3.86. The number of pyridine rings is 1. The smallest absolute Gasteiger partial charge is 0.270 e. The predicted molar refractivity (Wildman–Crippen MR) is 49.5 cm³/mol. The van der Waals surface area contributed by atoms with E-state index in [1.54, 1.807) is 18.3 Å². The number of nitrogens with two attached hydrogens (primary N) is 1. The maximum Gasteiger partial charge on any atom is 0.270 e. The van der Waals surface area contributed by atoms with Crippen molar-refractivity contribution >= 4 is 5.91 Å². The number of hydrogen-bond acceptors (Lipinski definition) is 4. The number of carbonyl (C=O) groups is 1. The molecule has 1 heterocycles. The highest BCUT2D eigenvalue weighted by Crippen LogP contribution is 2.27. The number of nitrogen functional groups attached to an aromatic ring is 1. The maximum atomic E-state index is 11.3. The third kappa shape index (κ3) is 1.82. The summed E-state index contributed by atoms with van der Waals surface area (Å²) in [7, 11) is 0. The lowest BCUT2D eigenvalue weighted by molar-refractivity contribution is 0.0948. The number of aromatic nitrogens is 1. The molecule has 0 radical (unpaired) electrons. The van der Waals surface area contributed by atoms with Crippen molar-refractivity contribution in [3.63, 3.8) is 0 Å². The number of carbonyl (C=O) groups excluding carboxylic acids is 1. The van der Waals surface area contributed by atoms with Gasteiger partial charge in [0.1, 0.15) is 11.7 Å². The molecule has 14 heavy (non-hydrogen) atoms. The molecule has 1 aromatic rings. The Morgan fingerprint density at radius 2 is 2.43 bits per heavy atom. The van der Waals surface area contributed by atoms with Crippen LogP contribution in [-0.2, 0) is 0 Å². The standard InChI is InChI=1S/C9H11N3O2/c10-12-8(13)7-2-1-5-11-9(7)14-6-3-4-6/h1-2,5-6H,3-4,10H2,(H,12,13). The quantitative estimate of drug-likeness (QED) is 0.409. The van der Waals surface area contributed by atoms with Gasteiger partial charge in [-0.25, -0.2) is 10.8 Å². The number of hydrogen-bond donors (Lipinski definition) is 2. The molecule has 0 atom stereocenters. The summed E-state index contributed by atoms with van der Waals surface area (Å²) in [4.78, 5) is 15.3. The lowest BCUT2D eigenvalue weighted by atomic mass is 10.2. The van der Waals surface area contributed by atoms with Gasteiger partial charge in [-0.3, -0.25) is 10.2 Å². The second-order valence-corrected chi connectivity index (χ2v) is 3.15. The number of rotatable bonds is 3. The highest BCUT2D eigenvalue weighted by atomic mass is 16.5. The number of amides is 1. The first kappa shape index (κ1) is 8.96. The molecule has 0 saturated heterocycles. The minimum absolute atomic E-state index is 0.217. The van der Waals surface area contributed by atoms with Crippen molar-refractivity contribution in [2.75, 3.05) is 0 Å². The van der Waals surface area contributed by atoms with E-state index < -0.39 is 0 Å². The first-order valence-corrected chi connectivity index (χ1v) is 4.44. The van der Waals surface area contributed by atoms with E-state index in [-0.39, 0.29) is 12.0 Å². The van der Waals surface area contributed by atoms with Crippen molar-refractivity contribution in [3.05, 3.63) is 23.9 Å². The Hall–Kier alpha value is -1.62. The van der Waals surface area contributed by atoms with Crippen LogP contribution in [0.5, 0.6) is 5.88 Å². The van der Waals surface area contributed by atoms with Crippen molar-refractivity contribution in [1.82, 2.24) is 10.4 Å². The minimum Gasteiger partial charge on any atom is -0.474 e. The molecular weight excluding hydrogens is 182 g/mol. The summed E-state index contributed by atoms with van der Waals surface area (Å²) in [6.45, 7) is 0. The Bertz CT molecular complexity index is 350. The molecule has 1 aliphatic rings. The Morgan fingerprint density at radius 3 is 3.07 bits per heavy atom. The predicted octanol–water partition coefficient (Wildman–Crippen LogP) is 0.226. The third-order valence-corrected chi connectivity index (χ3v) is 1.95. The number of ether oxygens (including phenoxy) is 1.